The molecule has 0 spiro atoms. The second-order valence-electron chi connectivity index (χ2n) is 5.77. The minimum Gasteiger partial charge on any atom is -0.324 e. The Kier molecular flexibility index (Phi) is 3.83. The molecule has 106 valence electrons. The van der Waals surface area contributed by atoms with Gasteiger partial charge in [-0.15, -0.1) is 0 Å². The van der Waals surface area contributed by atoms with Gasteiger partial charge in [-0.2, -0.15) is 5.10 Å². The number of pyridine rings is 1. The molecular formula is C16H22N4. The molecule has 2 aromatic heterocycles. The van der Waals surface area contributed by atoms with Crippen molar-refractivity contribution in [3.05, 3.63) is 47.5 Å². The third-order valence-corrected chi connectivity index (χ3v) is 4.15. The van der Waals surface area contributed by atoms with Crippen LogP contribution in [0.4, 0.5) is 0 Å². The predicted molar refractivity (Wildman–Crippen MR) is 79.3 cm³/mol. The van der Waals surface area contributed by atoms with Crippen LogP contribution in [-0.2, 0) is 6.42 Å². The molecule has 0 radical (unpaired) electrons. The lowest BCUT2D eigenvalue weighted by Crippen LogP contribution is -2.14. The monoisotopic (exact) mass is 270 g/mol. The van der Waals surface area contributed by atoms with Gasteiger partial charge >= 0.3 is 0 Å². The van der Waals surface area contributed by atoms with Gasteiger partial charge in [0.2, 0.25) is 0 Å². The Morgan fingerprint density at radius 1 is 1.30 bits per heavy atom. The molecule has 2 aromatic rings. The molecule has 2 N–H and O–H groups in total. The first-order chi connectivity index (χ1) is 9.72. The van der Waals surface area contributed by atoms with Crippen LogP contribution in [0.5, 0.6) is 0 Å². The summed E-state index contributed by atoms with van der Waals surface area (Å²) in [6, 6.07) is 6.73. The highest BCUT2D eigenvalue weighted by atomic mass is 15.3. The Bertz CT molecular complexity index is 552. The third kappa shape index (κ3) is 2.90. The van der Waals surface area contributed by atoms with Gasteiger partial charge in [-0.05, 0) is 37.5 Å². The van der Waals surface area contributed by atoms with Crippen molar-refractivity contribution in [1.29, 1.82) is 0 Å². The van der Waals surface area contributed by atoms with Crippen LogP contribution in [0.2, 0.25) is 0 Å². The SMILES string of the molecule is Cc1ccc(C(N)Cc2ccn(C3CCCC3)n2)cn1. The van der Waals surface area contributed by atoms with Gasteiger partial charge in [-0.1, -0.05) is 18.9 Å². The zero-order chi connectivity index (χ0) is 13.9. The fourth-order valence-electron chi connectivity index (χ4n) is 2.90. The fourth-order valence-corrected chi connectivity index (χ4v) is 2.90. The van der Waals surface area contributed by atoms with Crippen LogP contribution in [0.3, 0.4) is 0 Å². The molecule has 2 heterocycles. The van der Waals surface area contributed by atoms with Gasteiger partial charge in [-0.3, -0.25) is 9.67 Å². The summed E-state index contributed by atoms with van der Waals surface area (Å²) >= 11 is 0. The van der Waals surface area contributed by atoms with E-state index in [2.05, 4.69) is 28.0 Å². The minimum atomic E-state index is -0.0324. The van der Waals surface area contributed by atoms with Gasteiger partial charge in [0.25, 0.3) is 0 Å². The van der Waals surface area contributed by atoms with E-state index in [4.69, 9.17) is 10.8 Å². The predicted octanol–water partition coefficient (Wildman–Crippen LogP) is 2.94. The van der Waals surface area contributed by atoms with Crippen molar-refractivity contribution in [2.24, 2.45) is 5.73 Å². The Hall–Kier alpha value is -1.68. The molecule has 20 heavy (non-hydrogen) atoms. The van der Waals surface area contributed by atoms with Crippen LogP contribution < -0.4 is 5.73 Å². The van der Waals surface area contributed by atoms with E-state index in [0.717, 1.165) is 23.4 Å². The maximum Gasteiger partial charge on any atom is 0.0643 e. The van der Waals surface area contributed by atoms with Crippen molar-refractivity contribution in [1.82, 2.24) is 14.8 Å². The fraction of sp³-hybridized carbons (Fsp3) is 0.500. The number of hydrogen-bond donors (Lipinski definition) is 1. The van der Waals surface area contributed by atoms with Crippen LogP contribution in [0.15, 0.2) is 30.6 Å². The molecule has 3 rings (SSSR count). The smallest absolute Gasteiger partial charge is 0.0643 e. The van der Waals surface area contributed by atoms with Gasteiger partial charge in [0.15, 0.2) is 0 Å². The number of hydrogen-bond acceptors (Lipinski definition) is 3. The minimum absolute atomic E-state index is 0.0324. The van der Waals surface area contributed by atoms with Gasteiger partial charge in [0.1, 0.15) is 0 Å². The van der Waals surface area contributed by atoms with Crippen molar-refractivity contribution in [3.8, 4) is 0 Å². The van der Waals surface area contributed by atoms with E-state index in [0.29, 0.717) is 6.04 Å². The summed E-state index contributed by atoms with van der Waals surface area (Å²) in [6.07, 6.45) is 9.91. The number of nitrogens with zero attached hydrogens (tertiary/aromatic N) is 3. The number of aryl methyl sites for hydroxylation is 1. The maximum atomic E-state index is 6.25. The normalized spacial score (nSPS) is 17.5. The topological polar surface area (TPSA) is 56.7 Å². The van der Waals surface area contributed by atoms with Crippen molar-refractivity contribution in [2.75, 3.05) is 0 Å². The first-order valence-corrected chi connectivity index (χ1v) is 7.44. The summed E-state index contributed by atoms with van der Waals surface area (Å²) in [5, 5.41) is 4.69. The van der Waals surface area contributed by atoms with Crippen molar-refractivity contribution < 1.29 is 0 Å². The number of nitrogens with two attached hydrogens (primary N) is 1. The second kappa shape index (κ2) is 5.75. The highest BCUT2D eigenvalue weighted by molar-refractivity contribution is 5.19. The molecule has 0 aliphatic heterocycles. The first-order valence-electron chi connectivity index (χ1n) is 7.44. The first kappa shape index (κ1) is 13.3. The molecule has 1 unspecified atom stereocenters. The number of aromatic nitrogens is 3. The molecule has 0 amide bonds. The van der Waals surface area contributed by atoms with Gasteiger partial charge < -0.3 is 5.73 Å². The molecule has 0 aromatic carbocycles. The van der Waals surface area contributed by atoms with Crippen molar-refractivity contribution in [3.63, 3.8) is 0 Å². The zero-order valence-corrected chi connectivity index (χ0v) is 12.0. The third-order valence-electron chi connectivity index (χ3n) is 4.15. The largest absolute Gasteiger partial charge is 0.324 e. The van der Waals surface area contributed by atoms with Crippen LogP contribution in [0, 0.1) is 6.92 Å². The molecule has 1 aliphatic carbocycles. The van der Waals surface area contributed by atoms with Crippen LogP contribution >= 0.6 is 0 Å². The van der Waals surface area contributed by atoms with E-state index in [1.165, 1.54) is 25.7 Å². The zero-order valence-electron chi connectivity index (χ0n) is 12.0. The Balaban J connectivity index is 1.66. The highest BCUT2D eigenvalue weighted by Gasteiger charge is 2.18. The van der Waals surface area contributed by atoms with Crippen molar-refractivity contribution >= 4 is 0 Å². The highest BCUT2D eigenvalue weighted by Crippen LogP contribution is 2.29. The molecule has 0 bridgehead atoms. The maximum absolute atomic E-state index is 6.25. The molecule has 4 heteroatoms. The van der Waals surface area contributed by atoms with Gasteiger partial charge in [0, 0.05) is 30.6 Å². The molecule has 1 fully saturated rings. The standard InChI is InChI=1S/C16H22N4/c1-12-6-7-13(11-18-12)16(17)10-14-8-9-20(19-14)15-4-2-3-5-15/h6-9,11,15-16H,2-5,10,17H2,1H3. The summed E-state index contributed by atoms with van der Waals surface area (Å²) in [4.78, 5) is 4.30. The average Bonchev–Trinajstić information content (AvgIpc) is 3.09. The van der Waals surface area contributed by atoms with E-state index < -0.39 is 0 Å². The molecular weight excluding hydrogens is 248 g/mol. The van der Waals surface area contributed by atoms with E-state index in [1.807, 2.05) is 19.2 Å². The number of rotatable bonds is 4. The quantitative estimate of drug-likeness (QED) is 0.929. The summed E-state index contributed by atoms with van der Waals surface area (Å²) in [5.74, 6) is 0. The summed E-state index contributed by atoms with van der Waals surface area (Å²) in [7, 11) is 0. The lowest BCUT2D eigenvalue weighted by Gasteiger charge is -2.11. The molecule has 1 atom stereocenters. The van der Waals surface area contributed by atoms with E-state index in [9.17, 15) is 0 Å². The average molecular weight is 270 g/mol. The van der Waals surface area contributed by atoms with Gasteiger partial charge in [0.05, 0.1) is 11.7 Å². The Labute approximate surface area is 120 Å². The summed E-state index contributed by atoms with van der Waals surface area (Å²) in [5.41, 5.74) is 9.42. The van der Waals surface area contributed by atoms with Crippen LogP contribution in [-0.4, -0.2) is 14.8 Å². The molecule has 1 aliphatic rings. The van der Waals surface area contributed by atoms with E-state index >= 15 is 0 Å². The van der Waals surface area contributed by atoms with Crippen LogP contribution in [0.1, 0.15) is 54.7 Å². The van der Waals surface area contributed by atoms with E-state index in [1.54, 1.807) is 0 Å². The lowest BCUT2D eigenvalue weighted by molar-refractivity contribution is 0.461. The van der Waals surface area contributed by atoms with Gasteiger partial charge in [-0.25, -0.2) is 0 Å². The molecule has 0 saturated heterocycles. The van der Waals surface area contributed by atoms with Crippen LogP contribution in [0.25, 0.3) is 0 Å². The van der Waals surface area contributed by atoms with Crippen molar-refractivity contribution in [2.45, 2.75) is 51.1 Å². The Morgan fingerprint density at radius 2 is 2.10 bits per heavy atom. The molecule has 4 nitrogen and oxygen atoms in total. The second-order valence-corrected chi connectivity index (χ2v) is 5.77. The molecule has 1 saturated carbocycles. The van der Waals surface area contributed by atoms with E-state index in [-0.39, 0.29) is 6.04 Å². The summed E-state index contributed by atoms with van der Waals surface area (Å²) < 4.78 is 2.13. The summed E-state index contributed by atoms with van der Waals surface area (Å²) in [6.45, 7) is 1.98. The Morgan fingerprint density at radius 3 is 2.80 bits per heavy atom. The lowest BCUT2D eigenvalue weighted by atomic mass is 10.0.